The lowest BCUT2D eigenvalue weighted by molar-refractivity contribution is -0.188. The van der Waals surface area contributed by atoms with Gasteiger partial charge in [-0.05, 0) is 26.7 Å². The van der Waals surface area contributed by atoms with E-state index in [0.717, 1.165) is 0 Å². The molecule has 3 atom stereocenters. The van der Waals surface area contributed by atoms with Crippen LogP contribution in [0.1, 0.15) is 47.5 Å². The molecule has 1 N–H and O–H groups in total. The third-order valence-electron chi connectivity index (χ3n) is 4.64. The number of hydrogen-bond acceptors (Lipinski definition) is 6. The number of esters is 1. The Morgan fingerprint density at radius 1 is 1.20 bits per heavy atom. The molecule has 1 spiro atoms. The number of hydrogen-bond donors (Lipinski definition) is 1. The van der Waals surface area contributed by atoms with E-state index >= 15 is 0 Å². The normalized spacial score (nSPS) is 25.1. The molecule has 7 nitrogen and oxygen atoms in total. The Morgan fingerprint density at radius 3 is 2.12 bits per heavy atom. The van der Waals surface area contributed by atoms with E-state index in [2.05, 4.69) is 0 Å². The molecule has 0 bridgehead atoms. The molecule has 2 aliphatic rings. The van der Waals surface area contributed by atoms with Gasteiger partial charge in [0.2, 0.25) is 0 Å². The molecule has 0 radical (unpaired) electrons. The Bertz CT molecular complexity index is 488. The zero-order valence-electron chi connectivity index (χ0n) is 15.8. The lowest BCUT2D eigenvalue weighted by Crippen LogP contribution is -2.55. The first-order chi connectivity index (χ1) is 11.5. The lowest BCUT2D eigenvalue weighted by Gasteiger charge is -2.42. The summed E-state index contributed by atoms with van der Waals surface area (Å²) >= 11 is -2.17. The van der Waals surface area contributed by atoms with E-state index in [0.29, 0.717) is 39.1 Å². The second-order valence-electron chi connectivity index (χ2n) is 8.11. The minimum atomic E-state index is -2.17. The molecule has 2 saturated heterocycles. The van der Waals surface area contributed by atoms with Crippen molar-refractivity contribution in [1.29, 1.82) is 0 Å². The number of likely N-dealkylation sites (tertiary alicyclic amines) is 1. The molecular weight excluding hydrogens is 346 g/mol. The second-order valence-corrected chi connectivity index (χ2v) is 9.15. The van der Waals surface area contributed by atoms with Crippen LogP contribution in [0.5, 0.6) is 0 Å². The van der Waals surface area contributed by atoms with Gasteiger partial charge in [-0.15, -0.1) is 0 Å². The highest BCUT2D eigenvalue weighted by atomic mass is 32.2. The van der Waals surface area contributed by atoms with Gasteiger partial charge in [0.25, 0.3) is 0 Å². The first-order valence-corrected chi connectivity index (χ1v) is 10.1. The number of nitrogens with zero attached hydrogens (tertiary/aromatic N) is 1. The van der Waals surface area contributed by atoms with E-state index in [1.807, 2.05) is 18.7 Å². The molecule has 2 rings (SSSR count). The maximum Gasteiger partial charge on any atom is 0.312 e. The molecule has 0 aliphatic carbocycles. The zero-order valence-corrected chi connectivity index (χ0v) is 16.6. The summed E-state index contributed by atoms with van der Waals surface area (Å²) in [5.74, 6) is -1.78. The predicted octanol–water partition coefficient (Wildman–Crippen LogP) is 1.99. The average Bonchev–Trinajstić information content (AvgIpc) is 2.91. The molecule has 0 aromatic carbocycles. The summed E-state index contributed by atoms with van der Waals surface area (Å²) in [4.78, 5) is 14.6. The van der Waals surface area contributed by atoms with E-state index < -0.39 is 39.7 Å². The summed E-state index contributed by atoms with van der Waals surface area (Å²) in [7, 11) is 0. The minimum absolute atomic E-state index is 0.120. The molecule has 146 valence electrons. The van der Waals surface area contributed by atoms with Crippen molar-refractivity contribution in [3.8, 4) is 0 Å². The maximum atomic E-state index is 12.7. The van der Waals surface area contributed by atoms with E-state index in [-0.39, 0.29) is 5.92 Å². The van der Waals surface area contributed by atoms with Gasteiger partial charge in [-0.25, -0.2) is 4.21 Å². The van der Waals surface area contributed by atoms with Gasteiger partial charge in [-0.2, -0.15) is 0 Å². The van der Waals surface area contributed by atoms with Crippen LogP contribution in [-0.4, -0.2) is 62.7 Å². The Morgan fingerprint density at radius 2 is 1.72 bits per heavy atom. The third-order valence-corrected chi connectivity index (χ3v) is 5.65. The number of carbonyl (C=O) groups excluding carboxylic acids is 1. The quantitative estimate of drug-likeness (QED) is 0.579. The topological polar surface area (TPSA) is 85.3 Å². The van der Waals surface area contributed by atoms with Gasteiger partial charge < -0.3 is 18.8 Å². The van der Waals surface area contributed by atoms with Crippen molar-refractivity contribution in [3.63, 3.8) is 0 Å². The SMILES string of the molecule is CC(C)C(C(=O)OC(C)(C)C)C(N1CCC2(CC1)OCCO2)S(=O)O. The van der Waals surface area contributed by atoms with Crippen LogP contribution >= 0.6 is 0 Å². The summed E-state index contributed by atoms with van der Waals surface area (Å²) in [5.41, 5.74) is -0.636. The van der Waals surface area contributed by atoms with Crippen LogP contribution < -0.4 is 0 Å². The fourth-order valence-electron chi connectivity index (χ4n) is 3.47. The summed E-state index contributed by atoms with van der Waals surface area (Å²) in [6.45, 7) is 11.4. The number of carbonyl (C=O) groups is 1. The Balaban J connectivity index is 2.14. The maximum absolute atomic E-state index is 12.7. The fourth-order valence-corrected chi connectivity index (χ4v) is 4.61. The molecule has 2 heterocycles. The van der Waals surface area contributed by atoms with Crippen LogP contribution in [0.15, 0.2) is 0 Å². The van der Waals surface area contributed by atoms with Crippen molar-refractivity contribution in [2.24, 2.45) is 11.8 Å². The molecular formula is C17H31NO6S. The highest BCUT2D eigenvalue weighted by Crippen LogP contribution is 2.35. The molecule has 0 amide bonds. The second kappa shape index (κ2) is 8.00. The van der Waals surface area contributed by atoms with Crippen LogP contribution in [0.2, 0.25) is 0 Å². The Labute approximate surface area is 152 Å². The van der Waals surface area contributed by atoms with Crippen molar-refractivity contribution in [3.05, 3.63) is 0 Å². The fraction of sp³-hybridized carbons (Fsp3) is 0.941. The van der Waals surface area contributed by atoms with Crippen molar-refractivity contribution in [2.45, 2.75) is 64.2 Å². The van der Waals surface area contributed by atoms with Gasteiger partial charge in [0, 0.05) is 25.9 Å². The van der Waals surface area contributed by atoms with Crippen molar-refractivity contribution >= 4 is 17.0 Å². The van der Waals surface area contributed by atoms with Crippen LogP contribution in [0.25, 0.3) is 0 Å². The summed E-state index contributed by atoms with van der Waals surface area (Å²) in [6.07, 6.45) is 1.25. The van der Waals surface area contributed by atoms with Crippen LogP contribution in [0.4, 0.5) is 0 Å². The van der Waals surface area contributed by atoms with Crippen LogP contribution in [0, 0.1) is 11.8 Å². The summed E-state index contributed by atoms with van der Waals surface area (Å²) < 4.78 is 39.0. The summed E-state index contributed by atoms with van der Waals surface area (Å²) in [6, 6.07) is 0. The number of piperidine rings is 1. The minimum Gasteiger partial charge on any atom is -0.460 e. The first-order valence-electron chi connectivity index (χ1n) is 8.89. The standard InChI is InChI=1S/C17H31NO6S/c1-12(2)13(15(19)24-16(3,4)5)14(25(20)21)18-8-6-17(7-9-18)22-10-11-23-17/h12-14H,6-11H2,1-5H3,(H,20,21). The van der Waals surface area contributed by atoms with Gasteiger partial charge in [0.05, 0.1) is 19.1 Å². The zero-order chi connectivity index (χ0) is 18.8. The van der Waals surface area contributed by atoms with E-state index in [4.69, 9.17) is 14.2 Å². The van der Waals surface area contributed by atoms with Gasteiger partial charge >= 0.3 is 5.97 Å². The van der Waals surface area contributed by atoms with Gasteiger partial charge in [-0.3, -0.25) is 9.69 Å². The molecule has 2 fully saturated rings. The monoisotopic (exact) mass is 377 g/mol. The Kier molecular flexibility index (Phi) is 6.65. The molecule has 0 saturated carbocycles. The van der Waals surface area contributed by atoms with Crippen LogP contribution in [0.3, 0.4) is 0 Å². The smallest absolute Gasteiger partial charge is 0.312 e. The lowest BCUT2D eigenvalue weighted by atomic mass is 9.93. The van der Waals surface area contributed by atoms with Crippen molar-refractivity contribution in [2.75, 3.05) is 26.3 Å². The predicted molar refractivity (Wildman–Crippen MR) is 94.2 cm³/mol. The largest absolute Gasteiger partial charge is 0.460 e. The third kappa shape index (κ3) is 5.23. The molecule has 0 aromatic rings. The average molecular weight is 378 g/mol. The van der Waals surface area contributed by atoms with Gasteiger partial charge in [0.1, 0.15) is 11.0 Å². The van der Waals surface area contributed by atoms with Gasteiger partial charge in [-0.1, -0.05) is 13.8 Å². The van der Waals surface area contributed by atoms with Crippen molar-refractivity contribution in [1.82, 2.24) is 4.90 Å². The summed E-state index contributed by atoms with van der Waals surface area (Å²) in [5, 5.41) is -0.798. The molecule has 8 heteroatoms. The van der Waals surface area contributed by atoms with E-state index in [9.17, 15) is 13.6 Å². The van der Waals surface area contributed by atoms with E-state index in [1.165, 1.54) is 0 Å². The molecule has 2 aliphatic heterocycles. The highest BCUT2D eigenvalue weighted by Gasteiger charge is 2.46. The number of ether oxygens (including phenoxy) is 3. The number of rotatable bonds is 5. The molecule has 0 aromatic heterocycles. The molecule has 25 heavy (non-hydrogen) atoms. The van der Waals surface area contributed by atoms with Crippen LogP contribution in [-0.2, 0) is 30.1 Å². The first kappa shape index (κ1) is 20.8. The van der Waals surface area contributed by atoms with Gasteiger partial charge in [0.15, 0.2) is 16.9 Å². The Hall–Kier alpha value is -0.540. The highest BCUT2D eigenvalue weighted by molar-refractivity contribution is 7.79. The molecule has 3 unspecified atom stereocenters. The van der Waals surface area contributed by atoms with Crippen molar-refractivity contribution < 1.29 is 27.8 Å². The van der Waals surface area contributed by atoms with E-state index in [1.54, 1.807) is 20.8 Å².